The van der Waals surface area contributed by atoms with E-state index in [1.54, 1.807) is 0 Å². The van der Waals surface area contributed by atoms with Crippen LogP contribution < -0.4 is 5.32 Å². The summed E-state index contributed by atoms with van der Waals surface area (Å²) in [5.41, 5.74) is 1.08. The van der Waals surface area contributed by atoms with Gasteiger partial charge in [0.25, 0.3) is 0 Å². The molecular weight excluding hydrogens is 489 g/mol. The van der Waals surface area contributed by atoms with Crippen LogP contribution in [-0.2, 0) is 26.6 Å². The third kappa shape index (κ3) is 5.99. The first-order valence-corrected chi connectivity index (χ1v) is 13.0. The number of benzene rings is 3. The minimum absolute atomic E-state index is 0.383. The van der Waals surface area contributed by atoms with E-state index in [0.29, 0.717) is 38.0 Å². The summed E-state index contributed by atoms with van der Waals surface area (Å²) in [7, 11) is 0. The molecule has 200 valence electrons. The summed E-state index contributed by atoms with van der Waals surface area (Å²) in [4.78, 5) is 25.8. The van der Waals surface area contributed by atoms with Crippen LogP contribution >= 0.6 is 0 Å². The zero-order valence-corrected chi connectivity index (χ0v) is 21.3. The van der Waals surface area contributed by atoms with Crippen LogP contribution in [0.25, 0.3) is 0 Å². The number of aldehydes is 1. The molecule has 3 aromatic rings. The molecule has 0 aliphatic carbocycles. The molecule has 0 unspecified atom stereocenters. The van der Waals surface area contributed by atoms with Crippen LogP contribution in [0, 0.1) is 0 Å². The number of halogens is 3. The van der Waals surface area contributed by atoms with Crippen LogP contribution in [0.2, 0.25) is 0 Å². The van der Waals surface area contributed by atoms with Gasteiger partial charge in [0.15, 0.2) is 0 Å². The molecule has 38 heavy (non-hydrogen) atoms. The first kappa shape index (κ1) is 27.6. The SMILES string of the molecule is O=CNCC(CCCN1CCC(C=O)(c2ccc(C(F)(F)F)cc2)CC1)(c1ccccc1)c1ccccc1. The van der Waals surface area contributed by atoms with Crippen LogP contribution in [0.5, 0.6) is 0 Å². The molecule has 1 aliphatic rings. The van der Waals surface area contributed by atoms with Crippen LogP contribution in [0.4, 0.5) is 13.2 Å². The van der Waals surface area contributed by atoms with E-state index in [2.05, 4.69) is 34.5 Å². The van der Waals surface area contributed by atoms with Crippen molar-refractivity contribution >= 4 is 12.7 Å². The Morgan fingerprint density at radius 1 is 0.789 bits per heavy atom. The molecule has 0 radical (unpaired) electrons. The smallest absolute Gasteiger partial charge is 0.357 e. The fourth-order valence-corrected chi connectivity index (χ4v) is 5.72. The molecule has 0 atom stereocenters. The van der Waals surface area contributed by atoms with Crippen molar-refractivity contribution in [3.8, 4) is 0 Å². The maximum Gasteiger partial charge on any atom is 0.416 e. The molecule has 0 bridgehead atoms. The molecule has 1 heterocycles. The first-order valence-electron chi connectivity index (χ1n) is 13.0. The number of rotatable bonds is 11. The molecule has 0 saturated carbocycles. The molecular formula is C31H33F3N2O2. The number of nitrogens with zero attached hydrogens (tertiary/aromatic N) is 1. The van der Waals surface area contributed by atoms with Crippen molar-refractivity contribution in [2.24, 2.45) is 0 Å². The quantitative estimate of drug-likeness (QED) is 0.326. The fourth-order valence-electron chi connectivity index (χ4n) is 5.72. The predicted octanol–water partition coefficient (Wildman–Crippen LogP) is 5.75. The van der Waals surface area contributed by atoms with Crippen LogP contribution in [0.3, 0.4) is 0 Å². The van der Waals surface area contributed by atoms with Gasteiger partial charge in [-0.3, -0.25) is 4.79 Å². The average molecular weight is 523 g/mol. The van der Waals surface area contributed by atoms with Gasteiger partial charge >= 0.3 is 6.18 Å². The molecule has 1 amide bonds. The molecule has 1 fully saturated rings. The van der Waals surface area contributed by atoms with Gasteiger partial charge in [-0.05, 0) is 74.1 Å². The summed E-state index contributed by atoms with van der Waals surface area (Å²) in [6.07, 6.45) is 0.0779. The monoisotopic (exact) mass is 522 g/mol. The Morgan fingerprint density at radius 3 is 1.82 bits per heavy atom. The number of hydrogen-bond donors (Lipinski definition) is 1. The van der Waals surface area contributed by atoms with Crippen molar-refractivity contribution in [2.45, 2.75) is 42.7 Å². The number of nitrogens with one attached hydrogen (secondary N) is 1. The Morgan fingerprint density at radius 2 is 1.34 bits per heavy atom. The maximum atomic E-state index is 13.0. The number of alkyl halides is 3. The lowest BCUT2D eigenvalue weighted by atomic mass is 9.71. The first-order chi connectivity index (χ1) is 18.3. The summed E-state index contributed by atoms with van der Waals surface area (Å²) in [5.74, 6) is 0. The Kier molecular flexibility index (Phi) is 8.67. The van der Waals surface area contributed by atoms with E-state index < -0.39 is 17.2 Å². The standard InChI is InChI=1S/C31H33F3N2O2/c32-31(33,34)28-14-12-25(13-15-28)29(23-37)17-20-36(21-18-29)19-7-16-30(22-35-24-38,26-8-3-1-4-9-26)27-10-5-2-6-11-27/h1-6,8-15,23-24H,7,16-22H2,(H,35,38). The number of piperidine rings is 1. The molecule has 4 rings (SSSR count). The van der Waals surface area contributed by atoms with Gasteiger partial charge in [0.2, 0.25) is 6.41 Å². The molecule has 0 aromatic heterocycles. The molecule has 7 heteroatoms. The highest BCUT2D eigenvalue weighted by Crippen LogP contribution is 2.38. The number of carbonyl (C=O) groups excluding carboxylic acids is 2. The van der Waals surface area contributed by atoms with E-state index in [9.17, 15) is 22.8 Å². The Bertz CT molecular complexity index is 1130. The van der Waals surface area contributed by atoms with E-state index in [0.717, 1.165) is 55.3 Å². The Hall–Kier alpha value is -3.45. The van der Waals surface area contributed by atoms with Gasteiger partial charge in [-0.25, -0.2) is 0 Å². The summed E-state index contributed by atoms with van der Waals surface area (Å²) >= 11 is 0. The lowest BCUT2D eigenvalue weighted by Gasteiger charge is -2.40. The summed E-state index contributed by atoms with van der Waals surface area (Å²) in [5, 5.41) is 2.92. The minimum atomic E-state index is -4.40. The van der Waals surface area contributed by atoms with Gasteiger partial charge in [-0.2, -0.15) is 13.2 Å². The largest absolute Gasteiger partial charge is 0.416 e. The predicted molar refractivity (Wildman–Crippen MR) is 142 cm³/mol. The van der Waals surface area contributed by atoms with Crippen LogP contribution in [-0.4, -0.2) is 43.8 Å². The van der Waals surface area contributed by atoms with E-state index in [1.807, 2.05) is 36.4 Å². The lowest BCUT2D eigenvalue weighted by molar-refractivity contribution is -0.137. The van der Waals surface area contributed by atoms with E-state index in [-0.39, 0.29) is 5.41 Å². The zero-order chi connectivity index (χ0) is 27.1. The highest BCUT2D eigenvalue weighted by atomic mass is 19.4. The Labute approximate surface area is 221 Å². The molecule has 3 aromatic carbocycles. The fraction of sp³-hybridized carbons (Fsp3) is 0.355. The summed E-state index contributed by atoms with van der Waals surface area (Å²) < 4.78 is 38.9. The molecule has 0 spiro atoms. The van der Waals surface area contributed by atoms with Gasteiger partial charge < -0.3 is 15.0 Å². The second kappa shape index (κ2) is 11.9. The topological polar surface area (TPSA) is 49.4 Å². The van der Waals surface area contributed by atoms with Gasteiger partial charge in [0.05, 0.1) is 11.0 Å². The van der Waals surface area contributed by atoms with Crippen molar-refractivity contribution in [1.82, 2.24) is 10.2 Å². The van der Waals surface area contributed by atoms with Gasteiger partial charge in [0, 0.05) is 12.0 Å². The number of amides is 1. The molecule has 4 nitrogen and oxygen atoms in total. The Balaban J connectivity index is 1.45. The van der Waals surface area contributed by atoms with Crippen molar-refractivity contribution in [1.29, 1.82) is 0 Å². The van der Waals surface area contributed by atoms with Crippen molar-refractivity contribution in [3.05, 3.63) is 107 Å². The second-order valence-corrected chi connectivity index (χ2v) is 10.1. The number of hydrogen-bond acceptors (Lipinski definition) is 3. The maximum absolute atomic E-state index is 13.0. The number of likely N-dealkylation sites (tertiary alicyclic amines) is 1. The lowest BCUT2D eigenvalue weighted by Crippen LogP contribution is -2.44. The van der Waals surface area contributed by atoms with Crippen molar-refractivity contribution in [2.75, 3.05) is 26.2 Å². The summed E-state index contributed by atoms with van der Waals surface area (Å²) in [6.45, 7) is 2.68. The van der Waals surface area contributed by atoms with Gasteiger partial charge in [-0.15, -0.1) is 0 Å². The van der Waals surface area contributed by atoms with Crippen molar-refractivity contribution in [3.63, 3.8) is 0 Å². The molecule has 1 saturated heterocycles. The van der Waals surface area contributed by atoms with E-state index in [1.165, 1.54) is 12.1 Å². The van der Waals surface area contributed by atoms with Crippen molar-refractivity contribution < 1.29 is 22.8 Å². The third-order valence-electron chi connectivity index (χ3n) is 7.98. The van der Waals surface area contributed by atoms with E-state index >= 15 is 0 Å². The third-order valence-corrected chi connectivity index (χ3v) is 7.98. The average Bonchev–Trinajstić information content (AvgIpc) is 2.96. The minimum Gasteiger partial charge on any atom is -0.357 e. The van der Waals surface area contributed by atoms with Gasteiger partial charge in [0.1, 0.15) is 6.29 Å². The molecule has 1 N–H and O–H groups in total. The normalized spacial score (nSPS) is 16.1. The highest BCUT2D eigenvalue weighted by Gasteiger charge is 2.38. The molecule has 1 aliphatic heterocycles. The van der Waals surface area contributed by atoms with Crippen LogP contribution in [0.15, 0.2) is 84.9 Å². The summed E-state index contributed by atoms with van der Waals surface area (Å²) in [6, 6.07) is 25.4. The zero-order valence-electron chi connectivity index (χ0n) is 21.3. The number of carbonyl (C=O) groups is 2. The van der Waals surface area contributed by atoms with E-state index in [4.69, 9.17) is 0 Å². The highest BCUT2D eigenvalue weighted by molar-refractivity contribution is 5.69. The van der Waals surface area contributed by atoms with Crippen LogP contribution in [0.1, 0.15) is 47.9 Å². The van der Waals surface area contributed by atoms with Gasteiger partial charge in [-0.1, -0.05) is 72.8 Å². The second-order valence-electron chi connectivity index (χ2n) is 10.1.